The van der Waals surface area contributed by atoms with Gasteiger partial charge in [-0.3, -0.25) is 4.90 Å². The highest BCUT2D eigenvalue weighted by Crippen LogP contribution is 2.33. The Labute approximate surface area is 107 Å². The summed E-state index contributed by atoms with van der Waals surface area (Å²) in [6, 6.07) is 2.38. The van der Waals surface area contributed by atoms with Crippen LogP contribution in [0.2, 0.25) is 0 Å². The maximum absolute atomic E-state index is 3.48. The highest BCUT2D eigenvalue weighted by molar-refractivity contribution is 4.90. The first-order valence-electron chi connectivity index (χ1n) is 7.54. The van der Waals surface area contributed by atoms with Crippen LogP contribution in [0, 0.1) is 11.8 Å². The van der Waals surface area contributed by atoms with Gasteiger partial charge in [-0.1, -0.05) is 20.3 Å². The van der Waals surface area contributed by atoms with Crippen molar-refractivity contribution >= 4 is 0 Å². The van der Waals surface area contributed by atoms with Crippen LogP contribution in [0.15, 0.2) is 0 Å². The Kier molecular flexibility index (Phi) is 4.48. The van der Waals surface area contributed by atoms with Crippen LogP contribution in [0.25, 0.3) is 0 Å². The predicted molar refractivity (Wildman–Crippen MR) is 74.2 cm³/mol. The second kappa shape index (κ2) is 5.71. The van der Waals surface area contributed by atoms with Crippen molar-refractivity contribution in [2.75, 3.05) is 13.6 Å². The summed E-state index contributed by atoms with van der Waals surface area (Å²) in [4.78, 5) is 2.82. The Morgan fingerprint density at radius 1 is 1.06 bits per heavy atom. The normalized spacial score (nSPS) is 44.8. The standard InChI is InChI=1S/C15H30N2/c1-11-8-12(2)13(3)17(10-11)15-7-5-6-14(9-15)16-4/h11-16H,5-10H2,1-4H3. The van der Waals surface area contributed by atoms with E-state index in [4.69, 9.17) is 0 Å². The zero-order chi connectivity index (χ0) is 12.4. The van der Waals surface area contributed by atoms with E-state index >= 15 is 0 Å². The summed E-state index contributed by atoms with van der Waals surface area (Å²) in [6.07, 6.45) is 6.98. The highest BCUT2D eigenvalue weighted by Gasteiger charge is 2.35. The number of piperidine rings is 1. The van der Waals surface area contributed by atoms with Crippen LogP contribution in [-0.2, 0) is 0 Å². The molecule has 100 valence electrons. The molecule has 0 bridgehead atoms. The molecule has 1 heterocycles. The van der Waals surface area contributed by atoms with Gasteiger partial charge in [0.1, 0.15) is 0 Å². The lowest BCUT2D eigenvalue weighted by molar-refractivity contribution is 0.0210. The second-order valence-electron chi connectivity index (χ2n) is 6.56. The first-order chi connectivity index (χ1) is 8.11. The molecular weight excluding hydrogens is 208 g/mol. The fourth-order valence-corrected chi connectivity index (χ4v) is 3.97. The summed E-state index contributed by atoms with van der Waals surface area (Å²) in [6.45, 7) is 8.63. The Hall–Kier alpha value is -0.0800. The van der Waals surface area contributed by atoms with Gasteiger partial charge in [-0.05, 0) is 51.5 Å². The lowest BCUT2D eigenvalue weighted by atomic mass is 9.81. The van der Waals surface area contributed by atoms with E-state index in [1.54, 1.807) is 0 Å². The molecule has 0 spiro atoms. The molecule has 2 rings (SSSR count). The third kappa shape index (κ3) is 3.03. The third-order valence-electron chi connectivity index (χ3n) is 5.17. The van der Waals surface area contributed by atoms with Gasteiger partial charge in [-0.15, -0.1) is 0 Å². The number of hydrogen-bond donors (Lipinski definition) is 1. The maximum Gasteiger partial charge on any atom is 0.0113 e. The molecule has 2 heteroatoms. The van der Waals surface area contributed by atoms with Crippen LogP contribution in [0.5, 0.6) is 0 Å². The van der Waals surface area contributed by atoms with E-state index in [0.29, 0.717) is 0 Å². The van der Waals surface area contributed by atoms with Crippen molar-refractivity contribution in [3.8, 4) is 0 Å². The van der Waals surface area contributed by atoms with Crippen molar-refractivity contribution < 1.29 is 0 Å². The molecule has 17 heavy (non-hydrogen) atoms. The lowest BCUT2D eigenvalue weighted by Gasteiger charge is -2.47. The topological polar surface area (TPSA) is 15.3 Å². The Bertz CT molecular complexity index is 241. The van der Waals surface area contributed by atoms with Crippen molar-refractivity contribution in [3.05, 3.63) is 0 Å². The van der Waals surface area contributed by atoms with E-state index in [-0.39, 0.29) is 0 Å². The number of hydrogen-bond acceptors (Lipinski definition) is 2. The number of nitrogens with zero attached hydrogens (tertiary/aromatic N) is 1. The molecule has 2 aliphatic rings. The van der Waals surface area contributed by atoms with Gasteiger partial charge < -0.3 is 5.32 Å². The summed E-state index contributed by atoms with van der Waals surface area (Å²) in [5, 5.41) is 3.48. The average Bonchev–Trinajstić information content (AvgIpc) is 2.34. The highest BCUT2D eigenvalue weighted by atomic mass is 15.2. The Morgan fingerprint density at radius 3 is 2.53 bits per heavy atom. The van der Waals surface area contributed by atoms with Gasteiger partial charge in [0.15, 0.2) is 0 Å². The van der Waals surface area contributed by atoms with Crippen LogP contribution in [0.3, 0.4) is 0 Å². The lowest BCUT2D eigenvalue weighted by Crippen LogP contribution is -2.53. The van der Waals surface area contributed by atoms with Gasteiger partial charge >= 0.3 is 0 Å². The van der Waals surface area contributed by atoms with Crippen LogP contribution in [-0.4, -0.2) is 36.6 Å². The second-order valence-corrected chi connectivity index (χ2v) is 6.56. The van der Waals surface area contributed by atoms with E-state index in [2.05, 4.69) is 38.0 Å². The summed E-state index contributed by atoms with van der Waals surface area (Å²) in [5.41, 5.74) is 0. The number of likely N-dealkylation sites (tertiary alicyclic amines) is 1. The van der Waals surface area contributed by atoms with E-state index in [9.17, 15) is 0 Å². The molecule has 1 N–H and O–H groups in total. The smallest absolute Gasteiger partial charge is 0.0113 e. The van der Waals surface area contributed by atoms with Crippen molar-refractivity contribution in [1.29, 1.82) is 0 Å². The van der Waals surface area contributed by atoms with Gasteiger partial charge in [-0.2, -0.15) is 0 Å². The van der Waals surface area contributed by atoms with Crippen molar-refractivity contribution in [2.24, 2.45) is 11.8 Å². The molecule has 5 atom stereocenters. The largest absolute Gasteiger partial charge is 0.317 e. The minimum absolute atomic E-state index is 0.758. The molecule has 5 unspecified atom stereocenters. The van der Waals surface area contributed by atoms with E-state index < -0.39 is 0 Å². The van der Waals surface area contributed by atoms with E-state index in [1.807, 2.05) is 0 Å². The summed E-state index contributed by atoms with van der Waals surface area (Å²) < 4.78 is 0. The van der Waals surface area contributed by atoms with E-state index in [1.165, 1.54) is 38.6 Å². The molecule has 0 amide bonds. The van der Waals surface area contributed by atoms with Gasteiger partial charge in [0.2, 0.25) is 0 Å². The Balaban J connectivity index is 1.99. The third-order valence-corrected chi connectivity index (χ3v) is 5.17. The van der Waals surface area contributed by atoms with Gasteiger partial charge in [0, 0.05) is 24.7 Å². The Morgan fingerprint density at radius 2 is 1.82 bits per heavy atom. The first kappa shape index (κ1) is 13.4. The van der Waals surface area contributed by atoms with Crippen LogP contribution >= 0.6 is 0 Å². The molecular formula is C15H30N2. The van der Waals surface area contributed by atoms with Gasteiger partial charge in [0.05, 0.1) is 0 Å². The molecule has 2 fully saturated rings. The molecule has 0 radical (unpaired) electrons. The zero-order valence-electron chi connectivity index (χ0n) is 12.1. The first-order valence-corrected chi connectivity index (χ1v) is 7.54. The minimum atomic E-state index is 0.758. The van der Waals surface area contributed by atoms with Crippen LogP contribution in [0.1, 0.15) is 52.9 Å². The van der Waals surface area contributed by atoms with Crippen LogP contribution < -0.4 is 5.32 Å². The van der Waals surface area contributed by atoms with E-state index in [0.717, 1.165) is 30.0 Å². The van der Waals surface area contributed by atoms with Crippen molar-refractivity contribution in [1.82, 2.24) is 10.2 Å². The monoisotopic (exact) mass is 238 g/mol. The summed E-state index contributed by atoms with van der Waals surface area (Å²) in [7, 11) is 2.12. The van der Waals surface area contributed by atoms with Crippen LogP contribution in [0.4, 0.5) is 0 Å². The molecule has 0 aromatic carbocycles. The zero-order valence-corrected chi connectivity index (χ0v) is 12.1. The number of nitrogens with one attached hydrogen (secondary N) is 1. The van der Waals surface area contributed by atoms with Gasteiger partial charge in [-0.25, -0.2) is 0 Å². The minimum Gasteiger partial charge on any atom is -0.317 e. The quantitative estimate of drug-likeness (QED) is 0.796. The number of rotatable bonds is 2. The fourth-order valence-electron chi connectivity index (χ4n) is 3.97. The predicted octanol–water partition coefficient (Wildman–Crippen LogP) is 2.88. The summed E-state index contributed by atoms with van der Waals surface area (Å²) in [5.74, 6) is 1.75. The summed E-state index contributed by atoms with van der Waals surface area (Å²) >= 11 is 0. The molecule has 1 saturated carbocycles. The van der Waals surface area contributed by atoms with Crippen molar-refractivity contribution in [3.63, 3.8) is 0 Å². The molecule has 1 aliphatic carbocycles. The molecule has 1 saturated heterocycles. The molecule has 1 aliphatic heterocycles. The molecule has 0 aromatic heterocycles. The molecule has 2 nitrogen and oxygen atoms in total. The molecule has 0 aromatic rings. The van der Waals surface area contributed by atoms with Crippen molar-refractivity contribution in [2.45, 2.75) is 71.0 Å². The maximum atomic E-state index is 3.48. The average molecular weight is 238 g/mol. The van der Waals surface area contributed by atoms with Gasteiger partial charge in [0.25, 0.3) is 0 Å². The SMILES string of the molecule is CNC1CCCC(N2CC(C)CC(C)C2C)C1. The fraction of sp³-hybridized carbons (Fsp3) is 1.00.